The minimum Gasteiger partial charge on any atom is -0.444 e. The highest BCUT2D eigenvalue weighted by molar-refractivity contribution is 5.78. The van der Waals surface area contributed by atoms with E-state index in [1.807, 2.05) is 27.7 Å². The topological polar surface area (TPSA) is 64.4 Å². The Bertz CT molecular complexity index is 405. The lowest BCUT2D eigenvalue weighted by molar-refractivity contribution is -0.120. The third kappa shape index (κ3) is 4.14. The third-order valence-electron chi connectivity index (χ3n) is 2.48. The van der Waals surface area contributed by atoms with Gasteiger partial charge in [-0.3, -0.25) is 4.79 Å². The first-order valence-electron chi connectivity index (χ1n) is 6.07. The molecule has 0 aromatic carbocycles. The molecule has 0 aliphatic carbocycles. The highest BCUT2D eigenvalue weighted by atomic mass is 16.5. The number of aryl methyl sites for hydroxylation is 1. The van der Waals surface area contributed by atoms with Gasteiger partial charge in [0.15, 0.2) is 5.89 Å². The molecule has 5 heteroatoms. The van der Waals surface area contributed by atoms with Crippen LogP contribution in [0.2, 0.25) is 0 Å². The maximum Gasteiger partial charge on any atom is 0.227 e. The molecule has 18 heavy (non-hydrogen) atoms. The molecule has 5 nitrogen and oxygen atoms in total. The van der Waals surface area contributed by atoms with Crippen LogP contribution < -0.4 is 5.32 Å². The average molecular weight is 254 g/mol. The van der Waals surface area contributed by atoms with Crippen molar-refractivity contribution in [2.45, 2.75) is 39.5 Å². The molecule has 0 radical (unpaired) electrons. The molecule has 0 atom stereocenters. The number of oxazole rings is 1. The molecule has 0 fully saturated rings. The molecular formula is C13H22N2O3. The Kier molecular flexibility index (Phi) is 4.90. The molecule has 1 N–H and O–H groups in total. The standard InChI is InChI=1S/C13H22N2O3/c1-9-10(8-11(16)14-6-7-17-5)18-12(15-9)13(2,3)4/h6-8H2,1-5H3,(H,14,16). The summed E-state index contributed by atoms with van der Waals surface area (Å²) in [7, 11) is 1.60. The van der Waals surface area contributed by atoms with E-state index in [0.29, 0.717) is 24.8 Å². The van der Waals surface area contributed by atoms with E-state index in [0.717, 1.165) is 5.69 Å². The first kappa shape index (κ1) is 14.7. The summed E-state index contributed by atoms with van der Waals surface area (Å²) in [4.78, 5) is 16.0. The van der Waals surface area contributed by atoms with Crippen LogP contribution in [0, 0.1) is 6.92 Å². The maximum atomic E-state index is 11.6. The summed E-state index contributed by atoms with van der Waals surface area (Å²) in [6.07, 6.45) is 0.221. The molecule has 1 amide bonds. The Labute approximate surface area is 108 Å². The van der Waals surface area contributed by atoms with Gasteiger partial charge in [0.05, 0.1) is 18.7 Å². The molecule has 1 aromatic heterocycles. The number of ether oxygens (including phenoxy) is 1. The first-order chi connectivity index (χ1) is 8.34. The molecule has 0 aliphatic rings. The quantitative estimate of drug-likeness (QED) is 0.810. The van der Waals surface area contributed by atoms with Gasteiger partial charge in [0.1, 0.15) is 5.76 Å². The predicted octanol–water partition coefficient (Wildman–Crippen LogP) is 1.59. The second-order valence-corrected chi connectivity index (χ2v) is 5.30. The monoisotopic (exact) mass is 254 g/mol. The van der Waals surface area contributed by atoms with E-state index in [9.17, 15) is 4.79 Å². The number of amides is 1. The number of aromatic nitrogens is 1. The van der Waals surface area contributed by atoms with Crippen molar-refractivity contribution in [3.63, 3.8) is 0 Å². The Morgan fingerprint density at radius 1 is 1.44 bits per heavy atom. The van der Waals surface area contributed by atoms with Crippen LogP contribution in [0.15, 0.2) is 4.42 Å². The predicted molar refractivity (Wildman–Crippen MR) is 68.5 cm³/mol. The number of methoxy groups -OCH3 is 1. The van der Waals surface area contributed by atoms with E-state index in [4.69, 9.17) is 9.15 Å². The molecule has 0 aliphatic heterocycles. The number of rotatable bonds is 5. The second-order valence-electron chi connectivity index (χ2n) is 5.30. The molecule has 1 aromatic rings. The second kappa shape index (κ2) is 6.00. The molecule has 0 spiro atoms. The van der Waals surface area contributed by atoms with E-state index >= 15 is 0 Å². The van der Waals surface area contributed by atoms with Crippen molar-refractivity contribution < 1.29 is 13.9 Å². The Balaban J connectivity index is 2.62. The van der Waals surface area contributed by atoms with Gasteiger partial charge in [-0.2, -0.15) is 0 Å². The minimum atomic E-state index is -0.143. The van der Waals surface area contributed by atoms with Crippen LogP contribution in [-0.2, 0) is 21.4 Å². The summed E-state index contributed by atoms with van der Waals surface area (Å²) in [6.45, 7) is 8.96. The summed E-state index contributed by atoms with van der Waals surface area (Å²) in [6, 6.07) is 0. The number of hydrogen-bond donors (Lipinski definition) is 1. The van der Waals surface area contributed by atoms with Gasteiger partial charge in [0, 0.05) is 19.1 Å². The van der Waals surface area contributed by atoms with E-state index in [-0.39, 0.29) is 17.7 Å². The third-order valence-corrected chi connectivity index (χ3v) is 2.48. The fraction of sp³-hybridized carbons (Fsp3) is 0.692. The summed E-state index contributed by atoms with van der Waals surface area (Å²) < 4.78 is 10.5. The van der Waals surface area contributed by atoms with Gasteiger partial charge in [0.2, 0.25) is 5.91 Å². The van der Waals surface area contributed by atoms with Crippen molar-refractivity contribution in [3.05, 3.63) is 17.3 Å². The summed E-state index contributed by atoms with van der Waals surface area (Å²) >= 11 is 0. The van der Waals surface area contributed by atoms with E-state index < -0.39 is 0 Å². The number of hydrogen-bond acceptors (Lipinski definition) is 4. The number of nitrogens with one attached hydrogen (secondary N) is 1. The zero-order chi connectivity index (χ0) is 13.8. The van der Waals surface area contributed by atoms with Crippen molar-refractivity contribution in [2.75, 3.05) is 20.3 Å². The van der Waals surface area contributed by atoms with Crippen LogP contribution in [0.25, 0.3) is 0 Å². The van der Waals surface area contributed by atoms with Gasteiger partial charge in [-0.25, -0.2) is 4.98 Å². The van der Waals surface area contributed by atoms with Gasteiger partial charge in [-0.05, 0) is 6.92 Å². The summed E-state index contributed by atoms with van der Waals surface area (Å²) in [5.74, 6) is 1.22. The minimum absolute atomic E-state index is 0.0771. The van der Waals surface area contributed by atoms with Crippen molar-refractivity contribution in [3.8, 4) is 0 Å². The Morgan fingerprint density at radius 2 is 2.11 bits per heavy atom. The largest absolute Gasteiger partial charge is 0.444 e. The zero-order valence-electron chi connectivity index (χ0n) is 11.8. The van der Waals surface area contributed by atoms with Crippen LogP contribution in [0.4, 0.5) is 0 Å². The summed E-state index contributed by atoms with van der Waals surface area (Å²) in [5, 5.41) is 2.76. The van der Waals surface area contributed by atoms with Crippen LogP contribution in [0.5, 0.6) is 0 Å². The average Bonchev–Trinajstić information content (AvgIpc) is 2.60. The van der Waals surface area contributed by atoms with Gasteiger partial charge >= 0.3 is 0 Å². The molecule has 102 valence electrons. The molecule has 0 saturated carbocycles. The van der Waals surface area contributed by atoms with E-state index in [1.165, 1.54) is 0 Å². The highest BCUT2D eigenvalue weighted by Gasteiger charge is 2.23. The van der Waals surface area contributed by atoms with Crippen molar-refractivity contribution in [1.29, 1.82) is 0 Å². The van der Waals surface area contributed by atoms with Gasteiger partial charge < -0.3 is 14.5 Å². The first-order valence-corrected chi connectivity index (χ1v) is 6.07. The Hall–Kier alpha value is -1.36. The smallest absolute Gasteiger partial charge is 0.227 e. The maximum absolute atomic E-state index is 11.6. The number of carbonyl (C=O) groups excluding carboxylic acids is 1. The van der Waals surface area contributed by atoms with Crippen molar-refractivity contribution in [1.82, 2.24) is 10.3 Å². The highest BCUT2D eigenvalue weighted by Crippen LogP contribution is 2.23. The normalized spacial score (nSPS) is 11.6. The molecular weight excluding hydrogens is 232 g/mol. The number of nitrogens with zero attached hydrogens (tertiary/aromatic N) is 1. The van der Waals surface area contributed by atoms with Crippen LogP contribution >= 0.6 is 0 Å². The van der Waals surface area contributed by atoms with Crippen molar-refractivity contribution in [2.24, 2.45) is 0 Å². The van der Waals surface area contributed by atoms with Crippen LogP contribution in [0.1, 0.15) is 38.1 Å². The number of carbonyl (C=O) groups is 1. The summed E-state index contributed by atoms with van der Waals surface area (Å²) in [5.41, 5.74) is 0.636. The van der Waals surface area contributed by atoms with Crippen LogP contribution in [-0.4, -0.2) is 31.2 Å². The zero-order valence-corrected chi connectivity index (χ0v) is 11.8. The van der Waals surface area contributed by atoms with Gasteiger partial charge in [-0.1, -0.05) is 20.8 Å². The molecule has 0 bridgehead atoms. The Morgan fingerprint density at radius 3 is 2.61 bits per heavy atom. The fourth-order valence-electron chi connectivity index (χ4n) is 1.41. The lowest BCUT2D eigenvalue weighted by Crippen LogP contribution is -2.28. The SMILES string of the molecule is COCCNC(=O)Cc1oc(C(C)(C)C)nc1C. The molecule has 1 rings (SSSR count). The fourth-order valence-corrected chi connectivity index (χ4v) is 1.41. The van der Waals surface area contributed by atoms with Crippen molar-refractivity contribution >= 4 is 5.91 Å². The molecule has 0 unspecified atom stereocenters. The van der Waals surface area contributed by atoms with Gasteiger partial charge in [-0.15, -0.1) is 0 Å². The molecule has 1 heterocycles. The van der Waals surface area contributed by atoms with E-state index in [2.05, 4.69) is 10.3 Å². The molecule has 0 saturated heterocycles. The van der Waals surface area contributed by atoms with Gasteiger partial charge in [0.25, 0.3) is 0 Å². The van der Waals surface area contributed by atoms with Crippen LogP contribution in [0.3, 0.4) is 0 Å². The van der Waals surface area contributed by atoms with E-state index in [1.54, 1.807) is 7.11 Å². The lowest BCUT2D eigenvalue weighted by Gasteiger charge is -2.12. The lowest BCUT2D eigenvalue weighted by atomic mass is 9.97.